The highest BCUT2D eigenvalue weighted by Gasteiger charge is 2.27. The van der Waals surface area contributed by atoms with Gasteiger partial charge in [0.15, 0.2) is 0 Å². The van der Waals surface area contributed by atoms with Gasteiger partial charge in [0.05, 0.1) is 30.6 Å². The van der Waals surface area contributed by atoms with Gasteiger partial charge in [-0.05, 0) is 62.0 Å². The van der Waals surface area contributed by atoms with Crippen molar-refractivity contribution in [2.24, 2.45) is 4.99 Å². The average molecular weight is 602 g/mol. The number of allylic oxidation sites excluding steroid dienone is 2. The Hall–Kier alpha value is -3.92. The Kier molecular flexibility index (Phi) is 9.16. The Bertz CT molecular complexity index is 1470. The zero-order chi connectivity index (χ0) is 30.6. The van der Waals surface area contributed by atoms with Crippen LogP contribution in [-0.4, -0.2) is 84.9 Å². The van der Waals surface area contributed by atoms with E-state index in [9.17, 15) is 4.79 Å². The number of carbonyl (C=O) groups excluding carboxylic acids is 1. The highest BCUT2D eigenvalue weighted by Crippen LogP contribution is 2.36. The Morgan fingerprint density at radius 3 is 2.73 bits per heavy atom. The van der Waals surface area contributed by atoms with Crippen LogP contribution in [0.15, 0.2) is 52.9 Å². The van der Waals surface area contributed by atoms with E-state index in [2.05, 4.69) is 52.3 Å². The second-order valence-electron chi connectivity index (χ2n) is 12.0. The van der Waals surface area contributed by atoms with Crippen LogP contribution >= 0.6 is 0 Å². The van der Waals surface area contributed by atoms with Crippen molar-refractivity contribution >= 4 is 28.7 Å². The maximum absolute atomic E-state index is 15.2. The minimum absolute atomic E-state index is 0.0141. The van der Waals surface area contributed by atoms with Gasteiger partial charge in [-0.1, -0.05) is 26.0 Å². The second-order valence-corrected chi connectivity index (χ2v) is 12.0. The van der Waals surface area contributed by atoms with Crippen molar-refractivity contribution in [1.82, 2.24) is 14.8 Å². The van der Waals surface area contributed by atoms with E-state index in [0.717, 1.165) is 74.5 Å². The SMILES string of the molecule is CCC(CC)N1CCN(C(=O)Cc2ccc(NC3=CCC=C4CCN(c5cnc6c(c5C)NCCO6)CC4=N3)cc2F)CC1. The van der Waals surface area contributed by atoms with Gasteiger partial charge < -0.3 is 25.2 Å². The third kappa shape index (κ3) is 6.45. The van der Waals surface area contributed by atoms with E-state index < -0.39 is 0 Å². The molecule has 1 aromatic carbocycles. The number of pyridine rings is 1. The van der Waals surface area contributed by atoms with Crippen LogP contribution in [0.1, 0.15) is 50.7 Å². The largest absolute Gasteiger partial charge is 0.474 e. The molecule has 2 N–H and O–H groups in total. The zero-order valence-corrected chi connectivity index (χ0v) is 26.2. The lowest BCUT2D eigenvalue weighted by molar-refractivity contribution is -0.132. The molecule has 234 valence electrons. The Morgan fingerprint density at radius 2 is 1.95 bits per heavy atom. The van der Waals surface area contributed by atoms with Gasteiger partial charge in [0.2, 0.25) is 11.8 Å². The van der Waals surface area contributed by atoms with Crippen LogP contribution < -0.4 is 20.3 Å². The Balaban J connectivity index is 1.09. The molecular weight excluding hydrogens is 557 g/mol. The van der Waals surface area contributed by atoms with Crippen molar-refractivity contribution in [3.05, 3.63) is 64.9 Å². The highest BCUT2D eigenvalue weighted by atomic mass is 19.1. The molecule has 44 heavy (non-hydrogen) atoms. The normalized spacial score (nSPS) is 18.7. The lowest BCUT2D eigenvalue weighted by Gasteiger charge is -2.39. The number of piperazine rings is 1. The molecule has 0 radical (unpaired) electrons. The van der Waals surface area contributed by atoms with Crippen LogP contribution in [0.25, 0.3) is 0 Å². The van der Waals surface area contributed by atoms with Gasteiger partial charge in [0.1, 0.15) is 23.9 Å². The fraction of sp³-hybridized carbons (Fsp3) is 0.500. The molecule has 0 saturated carbocycles. The first-order valence-corrected chi connectivity index (χ1v) is 16.1. The summed E-state index contributed by atoms with van der Waals surface area (Å²) >= 11 is 0. The molecule has 4 aliphatic rings. The number of ether oxygens (including phenoxy) is 1. The summed E-state index contributed by atoms with van der Waals surface area (Å²) in [5, 5.41) is 6.74. The lowest BCUT2D eigenvalue weighted by Crippen LogP contribution is -2.52. The number of hydrogen-bond donors (Lipinski definition) is 2. The number of rotatable bonds is 8. The molecule has 2 saturated heterocycles. The lowest BCUT2D eigenvalue weighted by atomic mass is 9.99. The van der Waals surface area contributed by atoms with Gasteiger partial charge in [0, 0.05) is 56.6 Å². The number of amides is 1. The van der Waals surface area contributed by atoms with Crippen molar-refractivity contribution in [2.45, 2.75) is 58.9 Å². The first-order valence-electron chi connectivity index (χ1n) is 16.1. The van der Waals surface area contributed by atoms with E-state index in [0.29, 0.717) is 55.2 Å². The zero-order valence-electron chi connectivity index (χ0n) is 26.2. The van der Waals surface area contributed by atoms with Crippen LogP contribution in [0.3, 0.4) is 0 Å². The van der Waals surface area contributed by atoms with Crippen LogP contribution in [0.2, 0.25) is 0 Å². The van der Waals surface area contributed by atoms with E-state index >= 15 is 4.39 Å². The smallest absolute Gasteiger partial charge is 0.237 e. The number of anilines is 3. The van der Waals surface area contributed by atoms with Crippen LogP contribution in [-0.2, 0) is 11.2 Å². The van der Waals surface area contributed by atoms with Gasteiger partial charge in [0.25, 0.3) is 0 Å². The molecule has 10 heteroatoms. The topological polar surface area (TPSA) is 85.3 Å². The maximum atomic E-state index is 15.2. The molecule has 5 heterocycles. The monoisotopic (exact) mass is 601 g/mol. The van der Waals surface area contributed by atoms with Gasteiger partial charge in [-0.2, -0.15) is 0 Å². The fourth-order valence-electron chi connectivity index (χ4n) is 6.74. The van der Waals surface area contributed by atoms with Crippen molar-refractivity contribution in [3.8, 4) is 5.88 Å². The molecular formula is C34H44FN7O2. The summed E-state index contributed by atoms with van der Waals surface area (Å²) in [5.74, 6) is 0.965. The molecule has 1 aromatic heterocycles. The molecule has 9 nitrogen and oxygen atoms in total. The van der Waals surface area contributed by atoms with Crippen molar-refractivity contribution in [1.29, 1.82) is 0 Å². The van der Waals surface area contributed by atoms with Crippen LogP contribution in [0, 0.1) is 12.7 Å². The summed E-state index contributed by atoms with van der Waals surface area (Å²) in [6, 6.07) is 5.59. The summed E-state index contributed by atoms with van der Waals surface area (Å²) in [6.45, 7) is 12.6. The van der Waals surface area contributed by atoms with Crippen molar-refractivity contribution in [3.63, 3.8) is 0 Å². The van der Waals surface area contributed by atoms with Gasteiger partial charge in [-0.25, -0.2) is 14.4 Å². The molecule has 6 rings (SSSR count). The average Bonchev–Trinajstić information content (AvgIpc) is 3.24. The number of carbonyl (C=O) groups is 1. The standard InChI is InChI=1S/C34H44FN7O2/c1-4-27(5-2)40-14-16-41(17-15-40)32(43)19-25-9-10-26(20-28(25)35)38-31-8-6-7-24-11-13-42(22-29(24)39-31)30-21-37-34-33(23(30)3)36-12-18-44-34/h7-10,20-21,27,36,38H,4-6,11-19,22H2,1-3H3. The second kappa shape index (κ2) is 13.4. The number of nitrogens with one attached hydrogen (secondary N) is 2. The quantitative estimate of drug-likeness (QED) is 0.433. The molecule has 2 fully saturated rings. The third-order valence-electron chi connectivity index (χ3n) is 9.35. The highest BCUT2D eigenvalue weighted by molar-refractivity contribution is 6.05. The van der Waals surface area contributed by atoms with Crippen LogP contribution in [0.4, 0.5) is 21.5 Å². The summed E-state index contributed by atoms with van der Waals surface area (Å²) in [4.78, 5) is 29.2. The predicted octanol–water partition coefficient (Wildman–Crippen LogP) is 5.14. The predicted molar refractivity (Wildman–Crippen MR) is 174 cm³/mol. The molecule has 0 bridgehead atoms. The molecule has 0 atom stereocenters. The van der Waals surface area contributed by atoms with E-state index in [1.807, 2.05) is 23.2 Å². The van der Waals surface area contributed by atoms with Gasteiger partial charge in [-0.3, -0.25) is 9.69 Å². The van der Waals surface area contributed by atoms with Crippen molar-refractivity contribution < 1.29 is 13.9 Å². The summed E-state index contributed by atoms with van der Waals surface area (Å²) in [6.07, 6.45) is 10.1. The summed E-state index contributed by atoms with van der Waals surface area (Å²) < 4.78 is 20.9. The molecule has 0 unspecified atom stereocenters. The van der Waals surface area contributed by atoms with Crippen molar-refractivity contribution in [2.75, 3.05) is 68.0 Å². The minimum atomic E-state index is -0.378. The molecule has 0 spiro atoms. The number of aliphatic imine (C=N–C) groups is 1. The summed E-state index contributed by atoms with van der Waals surface area (Å²) in [5.41, 5.74) is 6.46. The first-order chi connectivity index (χ1) is 21.4. The number of benzene rings is 1. The molecule has 4 aliphatic heterocycles. The van der Waals surface area contributed by atoms with Crippen LogP contribution in [0.5, 0.6) is 5.88 Å². The fourth-order valence-corrected chi connectivity index (χ4v) is 6.74. The first kappa shape index (κ1) is 30.1. The Morgan fingerprint density at radius 1 is 1.14 bits per heavy atom. The van der Waals surface area contributed by atoms with E-state index in [4.69, 9.17) is 9.73 Å². The molecule has 1 amide bonds. The van der Waals surface area contributed by atoms with E-state index in [1.165, 1.54) is 11.6 Å². The molecule has 0 aliphatic carbocycles. The number of halogens is 1. The number of fused-ring (bicyclic) bond motifs is 2. The number of aromatic nitrogens is 1. The maximum Gasteiger partial charge on any atom is 0.237 e. The molecule has 2 aromatic rings. The van der Waals surface area contributed by atoms with E-state index in [-0.39, 0.29) is 18.1 Å². The third-order valence-corrected chi connectivity index (χ3v) is 9.35. The minimum Gasteiger partial charge on any atom is -0.474 e. The van der Waals surface area contributed by atoms with Gasteiger partial charge >= 0.3 is 0 Å². The van der Waals surface area contributed by atoms with Gasteiger partial charge in [-0.15, -0.1) is 0 Å². The Labute approximate surface area is 259 Å². The number of hydrogen-bond acceptors (Lipinski definition) is 8. The summed E-state index contributed by atoms with van der Waals surface area (Å²) in [7, 11) is 0. The number of nitrogens with zero attached hydrogens (tertiary/aromatic N) is 5. The van der Waals surface area contributed by atoms with E-state index in [1.54, 1.807) is 6.07 Å². The number of piperidine rings is 1.